The van der Waals surface area contributed by atoms with Crippen LogP contribution in [0, 0.1) is 0 Å². The van der Waals surface area contributed by atoms with Crippen molar-refractivity contribution in [1.82, 2.24) is 0 Å². The Labute approximate surface area is 216 Å². The zero-order valence-corrected chi connectivity index (χ0v) is 21.3. The summed E-state index contributed by atoms with van der Waals surface area (Å²) in [5, 5.41) is 11.4. The Kier molecular flexibility index (Phi) is 8.13. The summed E-state index contributed by atoms with van der Waals surface area (Å²) in [6, 6.07) is 20.2. The number of hydrogen-bond donors (Lipinski definition) is 1. The summed E-state index contributed by atoms with van der Waals surface area (Å²) in [6.45, 7) is 7.27. The maximum atomic E-state index is 13.4. The number of ketones is 1. The summed E-state index contributed by atoms with van der Waals surface area (Å²) in [7, 11) is 0. The van der Waals surface area contributed by atoms with Crippen LogP contribution in [0.25, 0.3) is 5.76 Å². The second-order valence-corrected chi connectivity index (χ2v) is 8.48. The predicted molar refractivity (Wildman–Crippen MR) is 142 cm³/mol. The van der Waals surface area contributed by atoms with Crippen molar-refractivity contribution in [3.05, 3.63) is 89.5 Å². The molecule has 0 saturated carbocycles. The van der Waals surface area contributed by atoms with Crippen LogP contribution in [0.5, 0.6) is 17.2 Å². The predicted octanol–water partition coefficient (Wildman–Crippen LogP) is 5.90. The Morgan fingerprint density at radius 3 is 2.14 bits per heavy atom. The van der Waals surface area contributed by atoms with Crippen molar-refractivity contribution in [2.45, 2.75) is 33.2 Å². The molecule has 1 saturated heterocycles. The maximum absolute atomic E-state index is 13.4. The number of amides is 1. The number of ether oxygens (including phenoxy) is 3. The molecule has 1 aliphatic rings. The zero-order chi connectivity index (χ0) is 26.4. The Hall–Kier alpha value is -4.26. The number of aliphatic hydroxyl groups excluding tert-OH is 1. The normalized spacial score (nSPS) is 16.6. The van der Waals surface area contributed by atoms with E-state index in [1.54, 1.807) is 60.7 Å². The summed E-state index contributed by atoms with van der Waals surface area (Å²) in [5.74, 6) is 0.0740. The molecular formula is C30H31NO6. The van der Waals surface area contributed by atoms with Crippen molar-refractivity contribution in [1.29, 1.82) is 0 Å². The first-order valence-electron chi connectivity index (χ1n) is 12.5. The van der Waals surface area contributed by atoms with Crippen LogP contribution in [-0.4, -0.2) is 36.6 Å². The van der Waals surface area contributed by atoms with Crippen molar-refractivity contribution in [2.75, 3.05) is 24.7 Å². The van der Waals surface area contributed by atoms with E-state index in [-0.39, 0.29) is 11.3 Å². The van der Waals surface area contributed by atoms with Crippen LogP contribution in [0.1, 0.15) is 44.4 Å². The molecule has 1 N–H and O–H groups in total. The van der Waals surface area contributed by atoms with Gasteiger partial charge in [0.2, 0.25) is 0 Å². The van der Waals surface area contributed by atoms with Crippen LogP contribution in [0.2, 0.25) is 0 Å². The van der Waals surface area contributed by atoms with Crippen LogP contribution in [0.15, 0.2) is 78.4 Å². The van der Waals surface area contributed by atoms with Gasteiger partial charge in [-0.2, -0.15) is 0 Å². The molecule has 0 bridgehead atoms. The molecule has 4 rings (SSSR count). The molecule has 1 heterocycles. The number of anilines is 1. The van der Waals surface area contributed by atoms with Gasteiger partial charge < -0.3 is 19.3 Å². The van der Waals surface area contributed by atoms with E-state index in [4.69, 9.17) is 14.2 Å². The van der Waals surface area contributed by atoms with E-state index in [1.807, 2.05) is 32.9 Å². The second-order valence-electron chi connectivity index (χ2n) is 8.48. The highest BCUT2D eigenvalue weighted by atomic mass is 16.5. The Balaban J connectivity index is 1.86. The standard InChI is InChI=1S/C30H31NO6/c1-4-17-37-25-12-8-10-21(19-25)28(32)26-27(20-9-7-11-24(18-20)36-6-3)31(30(34)29(26)33)22-13-15-23(16-14-22)35-5-2/h7-16,18-19,27,32H,4-6,17H2,1-3H3/b28-26-. The molecule has 0 radical (unpaired) electrons. The summed E-state index contributed by atoms with van der Waals surface area (Å²) in [6.07, 6.45) is 0.833. The van der Waals surface area contributed by atoms with E-state index in [9.17, 15) is 14.7 Å². The van der Waals surface area contributed by atoms with Gasteiger partial charge in [-0.1, -0.05) is 31.2 Å². The number of nitrogens with zero attached hydrogens (tertiary/aromatic N) is 1. The van der Waals surface area contributed by atoms with E-state index in [2.05, 4.69) is 0 Å². The SMILES string of the molecule is CCCOc1cccc(/C(O)=C2/C(=O)C(=O)N(c3ccc(OCC)cc3)C2c2cccc(OCC)c2)c1. The molecule has 1 amide bonds. The lowest BCUT2D eigenvalue weighted by Crippen LogP contribution is -2.29. The molecule has 3 aromatic carbocycles. The molecule has 1 atom stereocenters. The highest BCUT2D eigenvalue weighted by Crippen LogP contribution is 2.43. The first kappa shape index (κ1) is 25.8. The van der Waals surface area contributed by atoms with Crippen LogP contribution in [-0.2, 0) is 9.59 Å². The van der Waals surface area contributed by atoms with Crippen LogP contribution in [0.4, 0.5) is 5.69 Å². The number of Topliss-reactive ketones (excluding diaryl/α,β-unsaturated/α-hetero) is 1. The van der Waals surface area contributed by atoms with E-state index < -0.39 is 17.7 Å². The largest absolute Gasteiger partial charge is 0.507 e. The molecule has 1 unspecified atom stereocenters. The van der Waals surface area contributed by atoms with Gasteiger partial charge in [0.15, 0.2) is 0 Å². The van der Waals surface area contributed by atoms with Crippen LogP contribution >= 0.6 is 0 Å². The van der Waals surface area contributed by atoms with Gasteiger partial charge in [0.05, 0.1) is 31.4 Å². The van der Waals surface area contributed by atoms with Gasteiger partial charge >= 0.3 is 0 Å². The molecule has 0 aliphatic carbocycles. The van der Waals surface area contributed by atoms with Gasteiger partial charge in [0.1, 0.15) is 23.0 Å². The minimum Gasteiger partial charge on any atom is -0.507 e. The van der Waals surface area contributed by atoms with Crippen molar-refractivity contribution in [3.63, 3.8) is 0 Å². The lowest BCUT2D eigenvalue weighted by atomic mass is 9.95. The van der Waals surface area contributed by atoms with Crippen LogP contribution < -0.4 is 19.1 Å². The van der Waals surface area contributed by atoms with Gasteiger partial charge in [0.25, 0.3) is 11.7 Å². The van der Waals surface area contributed by atoms with Gasteiger partial charge in [0, 0.05) is 11.3 Å². The number of carbonyl (C=O) groups is 2. The summed E-state index contributed by atoms with van der Waals surface area (Å²) in [5.41, 5.74) is 1.54. The van der Waals surface area contributed by atoms with E-state index in [0.29, 0.717) is 53.9 Å². The molecule has 37 heavy (non-hydrogen) atoms. The van der Waals surface area contributed by atoms with Crippen molar-refractivity contribution in [2.24, 2.45) is 0 Å². The lowest BCUT2D eigenvalue weighted by molar-refractivity contribution is -0.132. The Morgan fingerprint density at radius 1 is 0.811 bits per heavy atom. The van der Waals surface area contributed by atoms with E-state index in [0.717, 1.165) is 6.42 Å². The van der Waals surface area contributed by atoms with Gasteiger partial charge in [-0.3, -0.25) is 14.5 Å². The molecule has 0 aromatic heterocycles. The minimum absolute atomic E-state index is 0.000162. The third-order valence-electron chi connectivity index (χ3n) is 5.94. The molecule has 1 aliphatic heterocycles. The molecule has 0 spiro atoms. The van der Waals surface area contributed by atoms with Gasteiger partial charge in [-0.05, 0) is 74.4 Å². The van der Waals surface area contributed by atoms with E-state index >= 15 is 0 Å². The summed E-state index contributed by atoms with van der Waals surface area (Å²) >= 11 is 0. The van der Waals surface area contributed by atoms with Crippen LogP contribution in [0.3, 0.4) is 0 Å². The number of carbonyl (C=O) groups excluding carboxylic acids is 2. The minimum atomic E-state index is -0.862. The number of hydrogen-bond acceptors (Lipinski definition) is 6. The number of rotatable bonds is 10. The Bertz CT molecular complexity index is 1300. The fourth-order valence-electron chi connectivity index (χ4n) is 4.33. The van der Waals surface area contributed by atoms with Gasteiger partial charge in [-0.15, -0.1) is 0 Å². The van der Waals surface area contributed by atoms with Gasteiger partial charge in [-0.25, -0.2) is 0 Å². The average molecular weight is 502 g/mol. The first-order chi connectivity index (χ1) is 18.0. The monoisotopic (exact) mass is 501 g/mol. The third kappa shape index (κ3) is 5.45. The Morgan fingerprint density at radius 2 is 1.46 bits per heavy atom. The fraction of sp³-hybridized carbons (Fsp3) is 0.267. The first-order valence-corrected chi connectivity index (χ1v) is 12.5. The van der Waals surface area contributed by atoms with Crippen molar-refractivity contribution >= 4 is 23.1 Å². The molecule has 7 nitrogen and oxygen atoms in total. The lowest BCUT2D eigenvalue weighted by Gasteiger charge is -2.26. The molecule has 1 fully saturated rings. The van der Waals surface area contributed by atoms with Crippen molar-refractivity contribution in [3.8, 4) is 17.2 Å². The number of aliphatic hydroxyl groups is 1. The fourth-order valence-corrected chi connectivity index (χ4v) is 4.33. The topological polar surface area (TPSA) is 85.3 Å². The molecule has 3 aromatic rings. The summed E-state index contributed by atoms with van der Waals surface area (Å²) < 4.78 is 16.9. The molecule has 192 valence electrons. The second kappa shape index (κ2) is 11.6. The summed E-state index contributed by atoms with van der Waals surface area (Å²) in [4.78, 5) is 28.2. The molecule has 7 heteroatoms. The average Bonchev–Trinajstić information content (AvgIpc) is 3.18. The quantitative estimate of drug-likeness (QED) is 0.212. The molecular weight excluding hydrogens is 470 g/mol. The smallest absolute Gasteiger partial charge is 0.300 e. The number of benzene rings is 3. The highest BCUT2D eigenvalue weighted by molar-refractivity contribution is 6.51. The highest BCUT2D eigenvalue weighted by Gasteiger charge is 2.47. The third-order valence-corrected chi connectivity index (χ3v) is 5.94. The zero-order valence-electron chi connectivity index (χ0n) is 21.3. The van der Waals surface area contributed by atoms with E-state index in [1.165, 1.54) is 4.90 Å². The van der Waals surface area contributed by atoms with Crippen molar-refractivity contribution < 1.29 is 28.9 Å². The maximum Gasteiger partial charge on any atom is 0.300 e.